The van der Waals surface area contributed by atoms with Crippen molar-refractivity contribution in [3.63, 3.8) is 0 Å². The molecule has 1 rings (SSSR count). The zero-order valence-electron chi connectivity index (χ0n) is 12.7. The fourth-order valence-corrected chi connectivity index (χ4v) is 2.05. The van der Waals surface area contributed by atoms with E-state index in [4.69, 9.17) is 26.1 Å². The number of carbonyl (C=O) groups excluding carboxylic acids is 4. The second-order valence-corrected chi connectivity index (χ2v) is 4.67. The summed E-state index contributed by atoms with van der Waals surface area (Å²) in [6.07, 6.45) is 8.71. The number of carbonyl (C=O) groups is 2. The van der Waals surface area contributed by atoms with Gasteiger partial charge in [0.2, 0.25) is 24.0 Å². The molecular weight excluding hydrogens is 288 g/mol. The number of hydrogen-bond donors (Lipinski definition) is 3. The first-order valence-corrected chi connectivity index (χ1v) is 7.17. The van der Waals surface area contributed by atoms with Crippen LogP contribution in [0.5, 0.6) is 0 Å². The van der Waals surface area contributed by atoms with E-state index in [1.165, 1.54) is 12.8 Å². The predicted octanol–water partition coefficient (Wildman–Crippen LogP) is 1.24. The van der Waals surface area contributed by atoms with Crippen molar-refractivity contribution in [2.75, 3.05) is 13.1 Å². The van der Waals surface area contributed by atoms with Crippen molar-refractivity contribution < 1.29 is 19.2 Å². The molecule has 8 nitrogen and oxygen atoms in total. The molecule has 0 unspecified atom stereocenters. The summed E-state index contributed by atoms with van der Waals surface area (Å²) >= 11 is 0. The molecule has 0 atom stereocenters. The maximum Gasteiger partial charge on any atom is 0.231 e. The second kappa shape index (κ2) is 16.8. The topological polar surface area (TPSA) is 145 Å². The highest BCUT2D eigenvalue weighted by Crippen LogP contribution is 2.12. The SMILES string of the molecule is N=C=O.N=C=O.NC(=O)CCCCC(=O)N1CCCCCC1. The van der Waals surface area contributed by atoms with Gasteiger partial charge in [-0.3, -0.25) is 9.59 Å². The van der Waals surface area contributed by atoms with Crippen molar-refractivity contribution in [1.29, 1.82) is 10.8 Å². The number of isocyanates is 2. The summed E-state index contributed by atoms with van der Waals surface area (Å²) in [7, 11) is 0. The van der Waals surface area contributed by atoms with Gasteiger partial charge in [-0.2, -0.15) is 0 Å². The number of nitrogens with zero attached hydrogens (tertiary/aromatic N) is 1. The summed E-state index contributed by atoms with van der Waals surface area (Å²) in [5.41, 5.74) is 5.04. The second-order valence-electron chi connectivity index (χ2n) is 4.67. The monoisotopic (exact) mass is 312 g/mol. The van der Waals surface area contributed by atoms with Crippen LogP contribution in [-0.2, 0) is 19.2 Å². The van der Waals surface area contributed by atoms with Crippen molar-refractivity contribution in [2.45, 2.75) is 51.4 Å². The summed E-state index contributed by atoms with van der Waals surface area (Å²) in [6, 6.07) is 0. The average molecular weight is 312 g/mol. The Bertz CT molecular complexity index is 366. The lowest BCUT2D eigenvalue weighted by Gasteiger charge is -2.20. The number of rotatable bonds is 5. The molecule has 1 heterocycles. The Hall–Kier alpha value is -2.30. The molecule has 124 valence electrons. The van der Waals surface area contributed by atoms with Crippen LogP contribution in [0.25, 0.3) is 0 Å². The van der Waals surface area contributed by atoms with Gasteiger partial charge in [0.25, 0.3) is 0 Å². The molecule has 2 amide bonds. The lowest BCUT2D eigenvalue weighted by molar-refractivity contribution is -0.131. The van der Waals surface area contributed by atoms with Gasteiger partial charge < -0.3 is 10.6 Å². The number of hydrogen-bond acceptors (Lipinski definition) is 6. The van der Waals surface area contributed by atoms with Gasteiger partial charge in [-0.05, 0) is 25.7 Å². The minimum Gasteiger partial charge on any atom is -0.370 e. The molecule has 0 saturated carbocycles. The molecule has 8 heteroatoms. The van der Waals surface area contributed by atoms with Gasteiger partial charge in [-0.1, -0.05) is 12.8 Å². The predicted molar refractivity (Wildman–Crippen MR) is 79.5 cm³/mol. The summed E-state index contributed by atoms with van der Waals surface area (Å²) < 4.78 is 0. The van der Waals surface area contributed by atoms with Crippen molar-refractivity contribution >= 4 is 24.0 Å². The Morgan fingerprint density at radius 2 is 1.32 bits per heavy atom. The Morgan fingerprint density at radius 1 is 0.909 bits per heavy atom. The molecule has 0 aromatic heterocycles. The van der Waals surface area contributed by atoms with Crippen molar-refractivity contribution in [3.8, 4) is 0 Å². The molecule has 0 radical (unpaired) electrons. The quantitative estimate of drug-likeness (QED) is 0.398. The molecule has 0 aromatic rings. The first-order valence-electron chi connectivity index (χ1n) is 7.17. The van der Waals surface area contributed by atoms with Gasteiger partial charge in [0.1, 0.15) is 0 Å². The third-order valence-electron chi connectivity index (χ3n) is 3.02. The highest BCUT2D eigenvalue weighted by molar-refractivity contribution is 5.76. The van der Waals surface area contributed by atoms with Gasteiger partial charge in [-0.25, -0.2) is 20.4 Å². The molecule has 1 fully saturated rings. The van der Waals surface area contributed by atoms with Gasteiger partial charge >= 0.3 is 0 Å². The van der Waals surface area contributed by atoms with Gasteiger partial charge in [0.05, 0.1) is 0 Å². The van der Waals surface area contributed by atoms with Crippen LogP contribution in [0.15, 0.2) is 0 Å². The molecule has 0 spiro atoms. The zero-order valence-corrected chi connectivity index (χ0v) is 12.7. The average Bonchev–Trinajstić information content (AvgIpc) is 2.74. The Kier molecular flexibility index (Phi) is 16.7. The van der Waals surface area contributed by atoms with Crippen LogP contribution in [0.2, 0.25) is 0 Å². The minimum absolute atomic E-state index is 0.242. The Balaban J connectivity index is 0. The van der Waals surface area contributed by atoms with Crippen molar-refractivity contribution in [1.82, 2.24) is 4.90 Å². The first kappa shape index (κ1) is 22.0. The zero-order chi connectivity index (χ0) is 17.2. The number of unbranched alkanes of at least 4 members (excludes halogenated alkanes) is 1. The maximum atomic E-state index is 11.8. The first-order chi connectivity index (χ1) is 10.5. The molecule has 4 N–H and O–H groups in total. The normalized spacial score (nSPS) is 13.0. The van der Waals surface area contributed by atoms with Crippen LogP contribution < -0.4 is 5.73 Å². The summed E-state index contributed by atoms with van der Waals surface area (Å²) in [5, 5.41) is 10.8. The van der Waals surface area contributed by atoms with E-state index in [0.717, 1.165) is 50.9 Å². The van der Waals surface area contributed by atoms with Crippen LogP contribution in [0.3, 0.4) is 0 Å². The highest BCUT2D eigenvalue weighted by atomic mass is 16.2. The number of amides is 2. The van der Waals surface area contributed by atoms with E-state index in [2.05, 4.69) is 0 Å². The maximum absolute atomic E-state index is 11.8. The van der Waals surface area contributed by atoms with E-state index in [1.807, 2.05) is 4.90 Å². The van der Waals surface area contributed by atoms with Crippen LogP contribution in [0, 0.1) is 10.8 Å². The van der Waals surface area contributed by atoms with E-state index < -0.39 is 0 Å². The van der Waals surface area contributed by atoms with E-state index in [-0.39, 0.29) is 11.8 Å². The number of nitrogens with one attached hydrogen (secondary N) is 2. The third-order valence-corrected chi connectivity index (χ3v) is 3.02. The minimum atomic E-state index is -0.276. The van der Waals surface area contributed by atoms with Gasteiger partial charge in [0, 0.05) is 25.9 Å². The van der Waals surface area contributed by atoms with E-state index in [1.54, 1.807) is 0 Å². The molecule has 22 heavy (non-hydrogen) atoms. The van der Waals surface area contributed by atoms with Gasteiger partial charge in [0.15, 0.2) is 0 Å². The molecular formula is C14H24N4O4. The number of primary amides is 1. The molecule has 0 aliphatic carbocycles. The highest BCUT2D eigenvalue weighted by Gasteiger charge is 2.14. The van der Waals surface area contributed by atoms with Gasteiger partial charge in [-0.15, -0.1) is 0 Å². The number of likely N-dealkylation sites (tertiary alicyclic amines) is 1. The van der Waals surface area contributed by atoms with Crippen LogP contribution in [0.4, 0.5) is 0 Å². The van der Waals surface area contributed by atoms with Crippen LogP contribution in [-0.4, -0.2) is 42.0 Å². The molecule has 1 aliphatic rings. The van der Waals surface area contributed by atoms with Crippen LogP contribution in [0.1, 0.15) is 51.4 Å². The molecule has 1 saturated heterocycles. The molecule has 0 bridgehead atoms. The standard InChI is InChI=1S/C12H22N2O2.2CHNO/c13-11(15)7-3-4-8-12(16)14-9-5-1-2-6-10-14;2*2-1-3/h1-10H2,(H2,13,15);2*2H. The number of nitrogens with two attached hydrogens (primary N) is 1. The molecule has 0 aromatic carbocycles. The molecule has 1 aliphatic heterocycles. The van der Waals surface area contributed by atoms with E-state index >= 15 is 0 Å². The Labute approximate surface area is 130 Å². The lowest BCUT2D eigenvalue weighted by Crippen LogP contribution is -2.31. The van der Waals surface area contributed by atoms with Crippen molar-refractivity contribution in [3.05, 3.63) is 0 Å². The Morgan fingerprint density at radius 3 is 1.73 bits per heavy atom. The van der Waals surface area contributed by atoms with Crippen molar-refractivity contribution in [2.24, 2.45) is 5.73 Å². The van der Waals surface area contributed by atoms with Crippen LogP contribution >= 0.6 is 0 Å². The largest absolute Gasteiger partial charge is 0.370 e. The van der Waals surface area contributed by atoms with E-state index in [0.29, 0.717) is 12.8 Å². The van der Waals surface area contributed by atoms with E-state index in [9.17, 15) is 9.59 Å². The fraction of sp³-hybridized carbons (Fsp3) is 0.714. The lowest BCUT2D eigenvalue weighted by atomic mass is 10.1. The smallest absolute Gasteiger partial charge is 0.231 e. The third kappa shape index (κ3) is 15.8. The summed E-state index contributed by atoms with van der Waals surface area (Å²) in [4.78, 5) is 41.0. The summed E-state index contributed by atoms with van der Waals surface area (Å²) in [5.74, 6) is -0.0337. The summed E-state index contributed by atoms with van der Waals surface area (Å²) in [6.45, 7) is 1.82. The fourth-order valence-electron chi connectivity index (χ4n) is 2.05.